The Morgan fingerprint density at radius 3 is 2.38 bits per heavy atom. The molecule has 4 heteroatoms. The Balaban J connectivity index is 2.65. The molecule has 0 heterocycles. The molecule has 0 aliphatic heterocycles. The van der Waals surface area contributed by atoms with E-state index in [1.165, 1.54) is 0 Å². The van der Waals surface area contributed by atoms with Gasteiger partial charge in [0.1, 0.15) is 5.75 Å². The first-order valence-electron chi connectivity index (χ1n) is 7.72. The Kier molecular flexibility index (Phi) is 7.23. The second-order valence-electron chi connectivity index (χ2n) is 5.37. The van der Waals surface area contributed by atoms with Crippen molar-refractivity contribution in [3.05, 3.63) is 29.8 Å². The lowest BCUT2D eigenvalue weighted by molar-refractivity contribution is -0.123. The molecule has 0 aliphatic rings. The summed E-state index contributed by atoms with van der Waals surface area (Å²) in [6, 6.07) is 7.92. The number of amides is 1. The minimum Gasteiger partial charge on any atom is -0.496 e. The molecular formula is C17H28N2O2. The van der Waals surface area contributed by atoms with Crippen molar-refractivity contribution >= 4 is 5.91 Å². The second-order valence-corrected chi connectivity index (χ2v) is 5.37. The first-order valence-corrected chi connectivity index (χ1v) is 7.72. The van der Waals surface area contributed by atoms with E-state index in [2.05, 4.69) is 24.5 Å². The zero-order chi connectivity index (χ0) is 15.8. The Labute approximate surface area is 128 Å². The first-order chi connectivity index (χ1) is 10.0. The van der Waals surface area contributed by atoms with Gasteiger partial charge in [0.2, 0.25) is 5.91 Å². The normalized spacial score (nSPS) is 13.8. The van der Waals surface area contributed by atoms with E-state index in [4.69, 9.17) is 4.74 Å². The zero-order valence-corrected chi connectivity index (χ0v) is 13.8. The van der Waals surface area contributed by atoms with Gasteiger partial charge in [0.15, 0.2) is 0 Å². The fourth-order valence-electron chi connectivity index (χ4n) is 2.38. The van der Waals surface area contributed by atoms with Crippen LogP contribution in [-0.4, -0.2) is 25.1 Å². The summed E-state index contributed by atoms with van der Waals surface area (Å²) < 4.78 is 5.37. The number of hydrogen-bond acceptors (Lipinski definition) is 3. The number of hydrogen-bond donors (Lipinski definition) is 2. The average molecular weight is 292 g/mol. The largest absolute Gasteiger partial charge is 0.496 e. The van der Waals surface area contributed by atoms with Crippen LogP contribution in [0.15, 0.2) is 24.3 Å². The van der Waals surface area contributed by atoms with Gasteiger partial charge in [0.05, 0.1) is 13.2 Å². The topological polar surface area (TPSA) is 50.4 Å². The van der Waals surface area contributed by atoms with E-state index in [9.17, 15) is 4.79 Å². The number of rotatable bonds is 8. The molecule has 1 unspecified atom stereocenters. The molecule has 0 saturated heterocycles. The summed E-state index contributed by atoms with van der Waals surface area (Å²) in [5.74, 6) is 0.885. The summed E-state index contributed by atoms with van der Waals surface area (Å²) in [6.45, 7) is 8.11. The molecule has 2 N–H and O–H groups in total. The van der Waals surface area contributed by atoms with Crippen molar-refractivity contribution in [1.82, 2.24) is 10.6 Å². The number of benzene rings is 1. The SMILES string of the molecule is CCC(CC)NC(=O)C(C)N[C@H](C)c1ccccc1OC. The summed E-state index contributed by atoms with van der Waals surface area (Å²) in [6.07, 6.45) is 1.91. The monoisotopic (exact) mass is 292 g/mol. The van der Waals surface area contributed by atoms with E-state index in [0.717, 1.165) is 24.2 Å². The van der Waals surface area contributed by atoms with Gasteiger partial charge in [-0.15, -0.1) is 0 Å². The molecule has 118 valence electrons. The van der Waals surface area contributed by atoms with Crippen LogP contribution in [0.5, 0.6) is 5.75 Å². The molecule has 0 fully saturated rings. The summed E-state index contributed by atoms with van der Waals surface area (Å²) in [7, 11) is 1.66. The molecule has 0 radical (unpaired) electrons. The molecule has 0 bridgehead atoms. The molecule has 2 atom stereocenters. The van der Waals surface area contributed by atoms with Crippen LogP contribution in [0.2, 0.25) is 0 Å². The van der Waals surface area contributed by atoms with E-state index >= 15 is 0 Å². The molecule has 1 aromatic rings. The standard InChI is InChI=1S/C17H28N2O2/c1-6-14(7-2)19-17(20)13(4)18-12(3)15-10-8-9-11-16(15)21-5/h8-14,18H,6-7H2,1-5H3,(H,19,20)/t12-,13?/m1/s1. The molecule has 1 aromatic carbocycles. The van der Waals surface area contributed by atoms with Crippen molar-refractivity contribution < 1.29 is 9.53 Å². The average Bonchev–Trinajstić information content (AvgIpc) is 2.51. The van der Waals surface area contributed by atoms with Crippen molar-refractivity contribution in [3.8, 4) is 5.75 Å². The highest BCUT2D eigenvalue weighted by Gasteiger charge is 2.19. The Morgan fingerprint density at radius 2 is 1.81 bits per heavy atom. The molecule has 0 saturated carbocycles. The summed E-state index contributed by atoms with van der Waals surface area (Å²) in [5.41, 5.74) is 1.06. The Morgan fingerprint density at radius 1 is 1.19 bits per heavy atom. The van der Waals surface area contributed by atoms with Crippen molar-refractivity contribution in [2.24, 2.45) is 0 Å². The van der Waals surface area contributed by atoms with Crippen molar-refractivity contribution in [2.45, 2.75) is 58.7 Å². The fraction of sp³-hybridized carbons (Fsp3) is 0.588. The van der Waals surface area contributed by atoms with Crippen LogP contribution in [0.4, 0.5) is 0 Å². The summed E-state index contributed by atoms with van der Waals surface area (Å²) >= 11 is 0. The highest BCUT2D eigenvalue weighted by atomic mass is 16.5. The second kappa shape index (κ2) is 8.67. The van der Waals surface area contributed by atoms with E-state index in [1.807, 2.05) is 38.1 Å². The Hall–Kier alpha value is -1.55. The molecule has 1 amide bonds. The van der Waals surface area contributed by atoms with Crippen molar-refractivity contribution in [3.63, 3.8) is 0 Å². The van der Waals surface area contributed by atoms with Crippen LogP contribution in [0.25, 0.3) is 0 Å². The van der Waals surface area contributed by atoms with Gasteiger partial charge in [-0.1, -0.05) is 32.0 Å². The predicted molar refractivity (Wildman–Crippen MR) is 86.5 cm³/mol. The van der Waals surface area contributed by atoms with Crippen LogP contribution in [0.1, 0.15) is 52.1 Å². The van der Waals surface area contributed by atoms with E-state index < -0.39 is 0 Å². The molecule has 0 spiro atoms. The van der Waals surface area contributed by atoms with Gasteiger partial charge in [-0.25, -0.2) is 0 Å². The third-order valence-corrected chi connectivity index (χ3v) is 3.83. The molecule has 4 nitrogen and oxygen atoms in total. The van der Waals surface area contributed by atoms with Crippen LogP contribution in [0.3, 0.4) is 0 Å². The number of methoxy groups -OCH3 is 1. The van der Waals surface area contributed by atoms with Crippen molar-refractivity contribution in [2.75, 3.05) is 7.11 Å². The quantitative estimate of drug-likeness (QED) is 0.774. The van der Waals surface area contributed by atoms with Gasteiger partial charge in [-0.3, -0.25) is 10.1 Å². The molecule has 0 aliphatic carbocycles. The summed E-state index contributed by atoms with van der Waals surface area (Å²) in [5, 5.41) is 6.40. The highest BCUT2D eigenvalue weighted by molar-refractivity contribution is 5.81. The zero-order valence-electron chi connectivity index (χ0n) is 13.8. The van der Waals surface area contributed by atoms with Crippen LogP contribution in [0, 0.1) is 0 Å². The minimum absolute atomic E-state index is 0.0450. The number of para-hydroxylation sites is 1. The predicted octanol–water partition coefficient (Wildman–Crippen LogP) is 3.04. The smallest absolute Gasteiger partial charge is 0.237 e. The fourth-order valence-corrected chi connectivity index (χ4v) is 2.38. The Bertz CT molecular complexity index is 444. The summed E-state index contributed by atoms with van der Waals surface area (Å²) in [4.78, 5) is 12.2. The first kappa shape index (κ1) is 17.5. The van der Waals surface area contributed by atoms with E-state index in [-0.39, 0.29) is 24.0 Å². The van der Waals surface area contributed by atoms with Gasteiger partial charge in [0, 0.05) is 17.6 Å². The molecule has 0 aromatic heterocycles. The van der Waals surface area contributed by atoms with Crippen molar-refractivity contribution in [1.29, 1.82) is 0 Å². The van der Waals surface area contributed by atoms with Gasteiger partial charge in [-0.2, -0.15) is 0 Å². The van der Waals surface area contributed by atoms with Gasteiger partial charge in [-0.05, 0) is 32.8 Å². The van der Waals surface area contributed by atoms with E-state index in [0.29, 0.717) is 0 Å². The third kappa shape index (κ3) is 5.05. The lowest BCUT2D eigenvalue weighted by Gasteiger charge is -2.23. The maximum Gasteiger partial charge on any atom is 0.237 e. The maximum atomic E-state index is 12.2. The number of carbonyl (C=O) groups excluding carboxylic acids is 1. The minimum atomic E-state index is -0.245. The lowest BCUT2D eigenvalue weighted by Crippen LogP contribution is -2.46. The highest BCUT2D eigenvalue weighted by Crippen LogP contribution is 2.24. The third-order valence-electron chi connectivity index (χ3n) is 3.83. The van der Waals surface area contributed by atoms with Gasteiger partial charge in [0.25, 0.3) is 0 Å². The van der Waals surface area contributed by atoms with Crippen LogP contribution in [-0.2, 0) is 4.79 Å². The van der Waals surface area contributed by atoms with E-state index in [1.54, 1.807) is 7.11 Å². The maximum absolute atomic E-state index is 12.2. The number of carbonyl (C=O) groups is 1. The van der Waals surface area contributed by atoms with Gasteiger partial charge < -0.3 is 10.1 Å². The number of nitrogens with one attached hydrogen (secondary N) is 2. The van der Waals surface area contributed by atoms with Crippen LogP contribution < -0.4 is 15.4 Å². The van der Waals surface area contributed by atoms with Crippen LogP contribution >= 0.6 is 0 Å². The molecule has 1 rings (SSSR count). The van der Waals surface area contributed by atoms with Gasteiger partial charge >= 0.3 is 0 Å². The molecule has 21 heavy (non-hydrogen) atoms. The molecular weight excluding hydrogens is 264 g/mol. The lowest BCUT2D eigenvalue weighted by atomic mass is 10.1. The number of ether oxygens (including phenoxy) is 1.